The zero-order valence-corrected chi connectivity index (χ0v) is 17.3. The summed E-state index contributed by atoms with van der Waals surface area (Å²) in [4.78, 5) is 33.7. The van der Waals surface area contributed by atoms with Crippen molar-refractivity contribution in [3.8, 4) is 0 Å². The number of carbonyl (C=O) groups excluding carboxylic acids is 1. The molecule has 4 aromatic rings. The minimum absolute atomic E-state index is 0.0601. The van der Waals surface area contributed by atoms with Gasteiger partial charge in [0.05, 0.1) is 16.6 Å². The SMILES string of the molecule is Cc1ccc2oc3c(c(=O)c2c1)C(c1ccccc1F)N(c1nc(C)c(C)s1)C3=O. The fourth-order valence-electron chi connectivity index (χ4n) is 3.83. The van der Waals surface area contributed by atoms with E-state index in [0.29, 0.717) is 16.1 Å². The third kappa shape index (κ3) is 2.62. The second kappa shape index (κ2) is 6.60. The maximum Gasteiger partial charge on any atom is 0.297 e. The minimum Gasteiger partial charge on any atom is -0.450 e. The van der Waals surface area contributed by atoms with Gasteiger partial charge in [0.25, 0.3) is 5.91 Å². The van der Waals surface area contributed by atoms with Crippen LogP contribution in [0.1, 0.15) is 43.9 Å². The molecule has 0 fully saturated rings. The molecule has 1 atom stereocenters. The molecule has 0 radical (unpaired) electrons. The van der Waals surface area contributed by atoms with Gasteiger partial charge in [-0.05, 0) is 39.0 Å². The number of halogens is 1. The number of hydrogen-bond acceptors (Lipinski definition) is 5. The second-order valence-electron chi connectivity index (χ2n) is 7.41. The van der Waals surface area contributed by atoms with Crippen LogP contribution in [0.15, 0.2) is 51.7 Å². The Morgan fingerprint density at radius 1 is 1.10 bits per heavy atom. The molecule has 0 saturated heterocycles. The van der Waals surface area contributed by atoms with Crippen LogP contribution in [-0.4, -0.2) is 10.9 Å². The number of rotatable bonds is 2. The molecule has 1 unspecified atom stereocenters. The summed E-state index contributed by atoms with van der Waals surface area (Å²) in [5, 5.41) is 0.783. The molecular formula is C23H17FN2O3S. The van der Waals surface area contributed by atoms with Crippen LogP contribution in [0, 0.1) is 26.6 Å². The molecule has 150 valence electrons. The van der Waals surface area contributed by atoms with Gasteiger partial charge in [0.1, 0.15) is 17.4 Å². The topological polar surface area (TPSA) is 63.4 Å². The second-order valence-corrected chi connectivity index (χ2v) is 8.59. The van der Waals surface area contributed by atoms with E-state index in [1.54, 1.807) is 30.3 Å². The number of benzene rings is 2. The number of thiazole rings is 1. The summed E-state index contributed by atoms with van der Waals surface area (Å²) < 4.78 is 20.8. The molecule has 5 rings (SSSR count). The van der Waals surface area contributed by atoms with Crippen LogP contribution >= 0.6 is 11.3 Å². The van der Waals surface area contributed by atoms with Crippen LogP contribution in [0.3, 0.4) is 0 Å². The van der Waals surface area contributed by atoms with E-state index in [2.05, 4.69) is 4.98 Å². The van der Waals surface area contributed by atoms with Crippen LogP contribution in [0.2, 0.25) is 0 Å². The van der Waals surface area contributed by atoms with E-state index in [0.717, 1.165) is 16.1 Å². The molecule has 1 aliphatic rings. The number of aromatic nitrogens is 1. The zero-order valence-electron chi connectivity index (χ0n) is 16.5. The van der Waals surface area contributed by atoms with Gasteiger partial charge < -0.3 is 4.42 Å². The molecule has 0 bridgehead atoms. The highest BCUT2D eigenvalue weighted by Gasteiger charge is 2.45. The van der Waals surface area contributed by atoms with Gasteiger partial charge in [0, 0.05) is 10.4 Å². The summed E-state index contributed by atoms with van der Waals surface area (Å²) in [6, 6.07) is 10.4. The van der Waals surface area contributed by atoms with Gasteiger partial charge in [-0.15, -0.1) is 11.3 Å². The lowest BCUT2D eigenvalue weighted by molar-refractivity contribution is 0.0970. The molecule has 2 aromatic carbocycles. The third-order valence-corrected chi connectivity index (χ3v) is 6.52. The van der Waals surface area contributed by atoms with Crippen molar-refractivity contribution in [1.29, 1.82) is 0 Å². The summed E-state index contributed by atoms with van der Waals surface area (Å²) in [6.45, 7) is 5.63. The summed E-state index contributed by atoms with van der Waals surface area (Å²) in [5.74, 6) is -1.05. The number of anilines is 1. The summed E-state index contributed by atoms with van der Waals surface area (Å²) >= 11 is 1.33. The Hall–Kier alpha value is -3.32. The van der Waals surface area contributed by atoms with Crippen molar-refractivity contribution in [3.63, 3.8) is 0 Å². The highest BCUT2D eigenvalue weighted by Crippen LogP contribution is 2.43. The predicted molar refractivity (Wildman–Crippen MR) is 114 cm³/mol. The largest absolute Gasteiger partial charge is 0.450 e. The smallest absolute Gasteiger partial charge is 0.297 e. The molecule has 0 spiro atoms. The monoisotopic (exact) mass is 420 g/mol. The minimum atomic E-state index is -0.945. The van der Waals surface area contributed by atoms with Crippen LogP contribution < -0.4 is 10.3 Å². The fraction of sp³-hybridized carbons (Fsp3) is 0.174. The van der Waals surface area contributed by atoms with Gasteiger partial charge in [0.15, 0.2) is 10.6 Å². The molecule has 1 amide bonds. The maximum absolute atomic E-state index is 14.9. The number of hydrogen-bond donors (Lipinski definition) is 0. The average Bonchev–Trinajstić information content (AvgIpc) is 3.19. The molecule has 3 heterocycles. The first-order valence-corrected chi connectivity index (χ1v) is 10.3. The van der Waals surface area contributed by atoms with Gasteiger partial charge in [-0.1, -0.05) is 29.8 Å². The lowest BCUT2D eigenvalue weighted by atomic mass is 9.98. The van der Waals surface area contributed by atoms with Gasteiger partial charge >= 0.3 is 0 Å². The van der Waals surface area contributed by atoms with Gasteiger partial charge in [0.2, 0.25) is 5.76 Å². The fourth-order valence-corrected chi connectivity index (χ4v) is 4.77. The highest BCUT2D eigenvalue weighted by atomic mass is 32.1. The average molecular weight is 420 g/mol. The van der Waals surface area contributed by atoms with E-state index in [-0.39, 0.29) is 22.3 Å². The molecule has 2 aromatic heterocycles. The standard InChI is InChI=1S/C23H17FN2O3S/c1-11-8-9-17-15(10-11)20(27)18-19(14-6-4-5-7-16(14)24)26(22(28)21(18)29-17)23-25-12(2)13(3)30-23/h4-10,19H,1-3H3. The van der Waals surface area contributed by atoms with Crippen LogP contribution in [-0.2, 0) is 0 Å². The number of carbonyl (C=O) groups is 1. The van der Waals surface area contributed by atoms with Crippen molar-refractivity contribution in [2.24, 2.45) is 0 Å². The molecule has 1 aliphatic heterocycles. The Balaban J connectivity index is 1.85. The lowest BCUT2D eigenvalue weighted by Crippen LogP contribution is -2.30. The Kier molecular flexibility index (Phi) is 4.11. The summed E-state index contributed by atoms with van der Waals surface area (Å²) in [6.07, 6.45) is 0. The van der Waals surface area contributed by atoms with Crippen molar-refractivity contribution >= 4 is 33.3 Å². The van der Waals surface area contributed by atoms with E-state index in [4.69, 9.17) is 4.42 Å². The number of amides is 1. The van der Waals surface area contributed by atoms with Crippen molar-refractivity contribution in [2.45, 2.75) is 26.8 Å². The third-order valence-electron chi connectivity index (χ3n) is 5.45. The first-order valence-electron chi connectivity index (χ1n) is 9.46. The lowest BCUT2D eigenvalue weighted by Gasteiger charge is -2.22. The maximum atomic E-state index is 14.9. The Morgan fingerprint density at radius 3 is 2.57 bits per heavy atom. The Labute approximate surface area is 175 Å². The predicted octanol–water partition coefficient (Wildman–Crippen LogP) is 5.06. The molecule has 0 saturated carbocycles. The highest BCUT2D eigenvalue weighted by molar-refractivity contribution is 7.15. The molecular weight excluding hydrogens is 403 g/mol. The van der Waals surface area contributed by atoms with Crippen molar-refractivity contribution in [2.75, 3.05) is 4.90 Å². The Bertz CT molecular complexity index is 1390. The van der Waals surface area contributed by atoms with Gasteiger partial charge in [-0.25, -0.2) is 9.37 Å². The van der Waals surface area contributed by atoms with Crippen LogP contribution in [0.25, 0.3) is 11.0 Å². The van der Waals surface area contributed by atoms with Crippen LogP contribution in [0.5, 0.6) is 0 Å². The molecule has 0 aliphatic carbocycles. The van der Waals surface area contributed by atoms with E-state index in [9.17, 15) is 14.0 Å². The van der Waals surface area contributed by atoms with Crippen molar-refractivity contribution < 1.29 is 13.6 Å². The number of fused-ring (bicyclic) bond motifs is 2. The molecule has 30 heavy (non-hydrogen) atoms. The van der Waals surface area contributed by atoms with E-state index < -0.39 is 17.8 Å². The summed E-state index contributed by atoms with van der Waals surface area (Å²) in [7, 11) is 0. The first kappa shape index (κ1) is 18.7. The zero-order chi connectivity index (χ0) is 21.2. The first-order chi connectivity index (χ1) is 14.4. The molecule has 7 heteroatoms. The van der Waals surface area contributed by atoms with E-state index in [1.165, 1.54) is 22.3 Å². The van der Waals surface area contributed by atoms with Gasteiger partial charge in [-0.2, -0.15) is 0 Å². The van der Waals surface area contributed by atoms with Crippen molar-refractivity contribution in [3.05, 3.63) is 91.5 Å². The number of aryl methyl sites for hydroxylation is 3. The van der Waals surface area contributed by atoms with E-state index >= 15 is 0 Å². The van der Waals surface area contributed by atoms with Crippen molar-refractivity contribution in [1.82, 2.24) is 4.98 Å². The summed E-state index contributed by atoms with van der Waals surface area (Å²) in [5.41, 5.74) is 2.06. The molecule has 5 nitrogen and oxygen atoms in total. The van der Waals surface area contributed by atoms with Crippen LogP contribution in [0.4, 0.5) is 9.52 Å². The molecule has 0 N–H and O–H groups in total. The Morgan fingerprint density at radius 2 is 1.87 bits per heavy atom. The number of nitrogens with zero attached hydrogens (tertiary/aromatic N) is 2. The quantitative estimate of drug-likeness (QED) is 0.455. The van der Waals surface area contributed by atoms with E-state index in [1.807, 2.05) is 26.8 Å². The van der Waals surface area contributed by atoms with Gasteiger partial charge in [-0.3, -0.25) is 14.5 Å². The normalized spacial score (nSPS) is 15.8.